The number of hydrogen-bond donors (Lipinski definition) is 2. The van der Waals surface area contributed by atoms with Gasteiger partial charge in [0.15, 0.2) is 17.5 Å². The number of aryl methyl sites for hydroxylation is 2. The van der Waals surface area contributed by atoms with Crippen LogP contribution in [0.15, 0.2) is 41.4 Å². The van der Waals surface area contributed by atoms with Gasteiger partial charge in [0.1, 0.15) is 28.4 Å². The minimum atomic E-state index is -1.05. The molecule has 0 unspecified atom stereocenters. The smallest absolute Gasteiger partial charge is 0.306 e. The van der Waals surface area contributed by atoms with Gasteiger partial charge in [0.25, 0.3) is 0 Å². The predicted molar refractivity (Wildman–Crippen MR) is 130 cm³/mol. The summed E-state index contributed by atoms with van der Waals surface area (Å²) in [7, 11) is 0. The van der Waals surface area contributed by atoms with Crippen molar-refractivity contribution in [2.24, 2.45) is 4.99 Å². The molecule has 4 aromatic rings. The zero-order chi connectivity index (χ0) is 25.7. The molecule has 2 aromatic carbocycles. The van der Waals surface area contributed by atoms with E-state index in [0.717, 1.165) is 21.0 Å². The van der Waals surface area contributed by atoms with E-state index in [1.807, 2.05) is 25.3 Å². The largest absolute Gasteiger partial charge is 0.481 e. The van der Waals surface area contributed by atoms with Gasteiger partial charge in [-0.3, -0.25) is 14.4 Å². The topological polar surface area (TPSA) is 92.4 Å². The van der Waals surface area contributed by atoms with Crippen LogP contribution < -0.4 is 5.32 Å². The van der Waals surface area contributed by atoms with Crippen molar-refractivity contribution >= 4 is 34.4 Å². The van der Waals surface area contributed by atoms with E-state index in [1.165, 1.54) is 0 Å². The molecule has 2 N–H and O–H groups in total. The van der Waals surface area contributed by atoms with Gasteiger partial charge in [0, 0.05) is 33.8 Å². The Balaban J connectivity index is 1.60. The summed E-state index contributed by atoms with van der Waals surface area (Å²) >= 11 is 1.55. The highest BCUT2D eigenvalue weighted by atomic mass is 32.1. The van der Waals surface area contributed by atoms with Gasteiger partial charge >= 0.3 is 5.97 Å². The molecule has 0 saturated heterocycles. The second-order valence-electron chi connectivity index (χ2n) is 8.44. The fourth-order valence-electron chi connectivity index (χ4n) is 4.21. The summed E-state index contributed by atoms with van der Waals surface area (Å²) < 4.78 is 43.3. The van der Waals surface area contributed by atoms with Gasteiger partial charge in [-0.05, 0) is 38.5 Å². The monoisotopic (exact) mass is 511 g/mol. The Morgan fingerprint density at radius 3 is 2.39 bits per heavy atom. The first-order valence-corrected chi connectivity index (χ1v) is 11.8. The molecule has 2 aromatic heterocycles. The molecule has 184 valence electrons. The van der Waals surface area contributed by atoms with Gasteiger partial charge in [-0.25, -0.2) is 13.2 Å². The lowest BCUT2D eigenvalue weighted by Gasteiger charge is -2.13. The standard InChI is InChI=1S/C25H20F3N5O2S/c1-11-12(2)36-25-21(11)22(30-19(10-20(34)35)24-32-31-13(3)33(24)25)14-4-6-16(7-5-14)29-23-17(27)8-15(26)9-18(23)28/h4-9,19,29H,10H2,1-3H3,(H,34,35)/t19-/m0/s1. The number of aromatic nitrogens is 3. The molecule has 0 bridgehead atoms. The predicted octanol–water partition coefficient (Wildman–Crippen LogP) is 5.78. The molecule has 0 spiro atoms. The number of anilines is 2. The molecule has 0 fully saturated rings. The Bertz CT molecular complexity index is 1520. The molecule has 5 rings (SSSR count). The van der Waals surface area contributed by atoms with E-state index in [4.69, 9.17) is 4.99 Å². The van der Waals surface area contributed by atoms with Crippen molar-refractivity contribution in [2.75, 3.05) is 5.32 Å². The fourth-order valence-corrected chi connectivity index (χ4v) is 5.42. The van der Waals surface area contributed by atoms with Crippen molar-refractivity contribution in [1.29, 1.82) is 0 Å². The van der Waals surface area contributed by atoms with E-state index in [9.17, 15) is 23.1 Å². The first-order valence-electron chi connectivity index (χ1n) is 11.0. The third-order valence-electron chi connectivity index (χ3n) is 6.04. The molecule has 1 aliphatic heterocycles. The summed E-state index contributed by atoms with van der Waals surface area (Å²) in [4.78, 5) is 17.6. The number of aliphatic imine (C=N–C) groups is 1. The van der Waals surface area contributed by atoms with E-state index in [1.54, 1.807) is 35.6 Å². The molecule has 36 heavy (non-hydrogen) atoms. The summed E-state index contributed by atoms with van der Waals surface area (Å²) in [5, 5.41) is 21.4. The van der Waals surface area contributed by atoms with Crippen molar-refractivity contribution in [3.8, 4) is 5.00 Å². The van der Waals surface area contributed by atoms with Gasteiger partial charge in [-0.2, -0.15) is 0 Å². The molecule has 0 amide bonds. The highest BCUT2D eigenvalue weighted by molar-refractivity contribution is 7.15. The van der Waals surface area contributed by atoms with Crippen molar-refractivity contribution in [3.63, 3.8) is 0 Å². The minimum absolute atomic E-state index is 0.267. The number of nitrogens with zero attached hydrogens (tertiary/aromatic N) is 4. The molecular weight excluding hydrogens is 491 g/mol. The van der Waals surface area contributed by atoms with Gasteiger partial charge in [-0.15, -0.1) is 21.5 Å². The minimum Gasteiger partial charge on any atom is -0.481 e. The number of aliphatic carboxylic acids is 1. The van der Waals surface area contributed by atoms with Crippen LogP contribution in [0.1, 0.15) is 45.7 Å². The van der Waals surface area contributed by atoms with E-state index in [-0.39, 0.29) is 6.42 Å². The summed E-state index contributed by atoms with van der Waals surface area (Å²) in [6.45, 7) is 5.79. The maximum absolute atomic E-state index is 14.1. The highest BCUT2D eigenvalue weighted by Gasteiger charge is 2.32. The number of fused-ring (bicyclic) bond motifs is 3. The number of carbonyl (C=O) groups is 1. The number of nitrogens with one attached hydrogen (secondary N) is 1. The summed E-state index contributed by atoms with van der Waals surface area (Å²) in [5.41, 5.74) is 3.05. The Labute approximate surface area is 208 Å². The number of rotatable bonds is 5. The lowest BCUT2D eigenvalue weighted by Crippen LogP contribution is -2.10. The lowest BCUT2D eigenvalue weighted by molar-refractivity contribution is -0.137. The maximum atomic E-state index is 14.1. The van der Waals surface area contributed by atoms with E-state index in [2.05, 4.69) is 15.5 Å². The third-order valence-corrected chi connectivity index (χ3v) is 7.23. The summed E-state index contributed by atoms with van der Waals surface area (Å²) in [6.07, 6.45) is -0.267. The van der Waals surface area contributed by atoms with Crippen LogP contribution in [0.3, 0.4) is 0 Å². The van der Waals surface area contributed by atoms with Gasteiger partial charge in [0.2, 0.25) is 0 Å². The quantitative estimate of drug-likeness (QED) is 0.354. The number of benzene rings is 2. The number of carboxylic acid groups (broad SMARTS) is 1. The zero-order valence-corrected chi connectivity index (χ0v) is 20.3. The number of halogens is 3. The molecule has 1 aliphatic rings. The van der Waals surface area contributed by atoms with Gasteiger partial charge < -0.3 is 10.4 Å². The average Bonchev–Trinajstić information content (AvgIpc) is 3.29. The van der Waals surface area contributed by atoms with Crippen LogP contribution in [0, 0.1) is 38.2 Å². The molecular formula is C25H20F3N5O2S. The third kappa shape index (κ3) is 4.05. The van der Waals surface area contributed by atoms with Gasteiger partial charge in [0.05, 0.1) is 12.1 Å². The number of thiophene rings is 1. The van der Waals surface area contributed by atoms with Crippen molar-refractivity contribution in [2.45, 2.75) is 33.2 Å². The average molecular weight is 512 g/mol. The Kier molecular flexibility index (Phi) is 5.87. The van der Waals surface area contributed by atoms with Crippen LogP contribution in [0.4, 0.5) is 24.5 Å². The SMILES string of the molecule is Cc1sc2c(c1C)C(c1ccc(Nc3c(F)cc(F)cc3F)cc1)=N[C@@H](CC(=O)O)c1nnc(C)n1-2. The van der Waals surface area contributed by atoms with Crippen LogP contribution in [0.5, 0.6) is 0 Å². The maximum Gasteiger partial charge on any atom is 0.306 e. The van der Waals surface area contributed by atoms with Crippen LogP contribution in [-0.2, 0) is 4.79 Å². The fraction of sp³-hybridized carbons (Fsp3) is 0.200. The Morgan fingerprint density at radius 2 is 1.75 bits per heavy atom. The van der Waals surface area contributed by atoms with Crippen LogP contribution >= 0.6 is 11.3 Å². The van der Waals surface area contributed by atoms with Crippen molar-refractivity contribution < 1.29 is 23.1 Å². The van der Waals surface area contributed by atoms with E-state index >= 15 is 0 Å². The molecule has 0 saturated carbocycles. The van der Waals surface area contributed by atoms with Crippen LogP contribution in [-0.4, -0.2) is 31.6 Å². The van der Waals surface area contributed by atoms with Crippen molar-refractivity contribution in [1.82, 2.24) is 14.8 Å². The summed E-state index contributed by atoms with van der Waals surface area (Å²) in [5.74, 6) is -3.04. The second kappa shape index (κ2) is 8.90. The first-order chi connectivity index (χ1) is 17.1. The number of carboxylic acids is 1. The normalized spacial score (nSPS) is 14.6. The molecule has 11 heteroatoms. The Morgan fingerprint density at radius 1 is 1.08 bits per heavy atom. The van der Waals surface area contributed by atoms with E-state index in [0.29, 0.717) is 40.7 Å². The van der Waals surface area contributed by atoms with Gasteiger partial charge in [-0.1, -0.05) is 12.1 Å². The molecule has 1 atom stereocenters. The molecule has 3 heterocycles. The zero-order valence-electron chi connectivity index (χ0n) is 19.4. The summed E-state index contributed by atoms with van der Waals surface area (Å²) in [6, 6.07) is 7.14. The first kappa shape index (κ1) is 23.7. The van der Waals surface area contributed by atoms with Crippen LogP contribution in [0.2, 0.25) is 0 Å². The van der Waals surface area contributed by atoms with Crippen LogP contribution in [0.25, 0.3) is 5.00 Å². The molecule has 7 nitrogen and oxygen atoms in total. The lowest BCUT2D eigenvalue weighted by atomic mass is 9.99. The highest BCUT2D eigenvalue weighted by Crippen LogP contribution is 2.39. The number of hydrogen-bond acceptors (Lipinski definition) is 6. The second-order valence-corrected chi connectivity index (χ2v) is 9.65. The van der Waals surface area contributed by atoms with Crippen molar-refractivity contribution in [3.05, 3.63) is 87.1 Å². The van der Waals surface area contributed by atoms with E-state index < -0.39 is 35.2 Å². The molecule has 0 aliphatic carbocycles. The molecule has 0 radical (unpaired) electrons. The Hall–Kier alpha value is -3.99.